The maximum absolute atomic E-state index is 12.5. The minimum absolute atomic E-state index is 0. The molecule has 2 unspecified atom stereocenters. The third-order valence-electron chi connectivity index (χ3n) is 4.74. The van der Waals surface area contributed by atoms with E-state index in [2.05, 4.69) is 22.5 Å². The summed E-state index contributed by atoms with van der Waals surface area (Å²) in [6, 6.07) is 6.03. The lowest BCUT2D eigenvalue weighted by Gasteiger charge is -2.30. The zero-order valence-corrected chi connectivity index (χ0v) is 15.4. The first-order chi connectivity index (χ1) is 11.6. The highest BCUT2D eigenvalue weighted by Gasteiger charge is 2.22. The van der Waals surface area contributed by atoms with Crippen molar-refractivity contribution in [1.82, 2.24) is 20.2 Å². The summed E-state index contributed by atoms with van der Waals surface area (Å²) in [4.78, 5) is 29.1. The number of carbonyl (C=O) groups excluding carboxylic acids is 1. The molecule has 0 aliphatic carbocycles. The Morgan fingerprint density at radius 3 is 3.00 bits per heavy atom. The van der Waals surface area contributed by atoms with Crippen molar-refractivity contribution in [3.63, 3.8) is 0 Å². The van der Waals surface area contributed by atoms with Gasteiger partial charge in [0.1, 0.15) is 0 Å². The summed E-state index contributed by atoms with van der Waals surface area (Å²) in [7, 11) is 0. The molecular weight excluding hydrogens is 340 g/mol. The Kier molecular flexibility index (Phi) is 6.56. The fraction of sp³-hybridized carbons (Fsp3) is 0.500. The van der Waals surface area contributed by atoms with Crippen LogP contribution in [0.4, 0.5) is 0 Å². The number of aromatic nitrogens is 2. The molecular formula is C18H25ClN4O2. The zero-order valence-electron chi connectivity index (χ0n) is 14.6. The molecule has 2 atom stereocenters. The number of fused-ring (bicyclic) bond motifs is 1. The number of piperidine rings is 1. The lowest BCUT2D eigenvalue weighted by Crippen LogP contribution is -2.52. The van der Waals surface area contributed by atoms with Crippen LogP contribution >= 0.6 is 12.4 Å². The van der Waals surface area contributed by atoms with E-state index < -0.39 is 0 Å². The number of halogens is 1. The van der Waals surface area contributed by atoms with Crippen LogP contribution in [0.25, 0.3) is 10.9 Å². The molecule has 25 heavy (non-hydrogen) atoms. The van der Waals surface area contributed by atoms with Crippen LogP contribution in [0.5, 0.6) is 0 Å². The number of benzene rings is 1. The second kappa shape index (κ2) is 8.45. The third kappa shape index (κ3) is 4.38. The molecule has 3 rings (SSSR count). The third-order valence-corrected chi connectivity index (χ3v) is 4.74. The number of rotatable bonds is 4. The molecule has 2 aromatic rings. The van der Waals surface area contributed by atoms with E-state index in [0.717, 1.165) is 30.5 Å². The van der Waals surface area contributed by atoms with Crippen molar-refractivity contribution in [2.75, 3.05) is 6.54 Å². The second-order valence-electron chi connectivity index (χ2n) is 6.52. The molecule has 1 amide bonds. The van der Waals surface area contributed by atoms with Gasteiger partial charge in [-0.1, -0.05) is 12.1 Å². The van der Waals surface area contributed by atoms with Gasteiger partial charge in [0.25, 0.3) is 5.56 Å². The minimum atomic E-state index is -0.0933. The van der Waals surface area contributed by atoms with Crippen molar-refractivity contribution in [3.05, 3.63) is 40.4 Å². The van der Waals surface area contributed by atoms with Gasteiger partial charge in [-0.25, -0.2) is 4.98 Å². The van der Waals surface area contributed by atoms with Crippen molar-refractivity contribution < 1.29 is 4.79 Å². The van der Waals surface area contributed by atoms with Crippen LogP contribution in [0.2, 0.25) is 0 Å². The van der Waals surface area contributed by atoms with E-state index in [1.807, 2.05) is 19.1 Å². The van der Waals surface area contributed by atoms with Crippen LogP contribution in [0.3, 0.4) is 0 Å². The zero-order chi connectivity index (χ0) is 17.1. The van der Waals surface area contributed by atoms with Crippen LogP contribution < -0.4 is 16.2 Å². The lowest BCUT2D eigenvalue weighted by atomic mass is 10.00. The summed E-state index contributed by atoms with van der Waals surface area (Å²) in [5.74, 6) is -0.0215. The molecule has 136 valence electrons. The summed E-state index contributed by atoms with van der Waals surface area (Å²) in [5, 5.41) is 7.03. The standard InChI is InChI=1S/C18H24N4O2.ClH/c1-12-5-3-6-14-17(12)20-11-22(18(14)24)10-8-16(23)21-15-7-4-9-19-13(15)2;/h3,5-6,11,13,15,19H,4,7-10H2,1-2H3,(H,21,23);1H. The molecule has 2 N–H and O–H groups in total. The van der Waals surface area contributed by atoms with Crippen LogP contribution in [-0.2, 0) is 11.3 Å². The SMILES string of the molecule is Cc1cccc2c(=O)n(CCC(=O)NC3CCCNC3C)cnc12.Cl. The summed E-state index contributed by atoms with van der Waals surface area (Å²) in [6.45, 7) is 5.37. The molecule has 0 spiro atoms. The quantitative estimate of drug-likeness (QED) is 0.867. The van der Waals surface area contributed by atoms with Gasteiger partial charge in [-0.3, -0.25) is 14.2 Å². The number of aryl methyl sites for hydroxylation is 2. The van der Waals surface area contributed by atoms with Crippen LogP contribution in [-0.4, -0.2) is 34.1 Å². The Morgan fingerprint density at radius 2 is 2.24 bits per heavy atom. The number of nitrogens with one attached hydrogen (secondary N) is 2. The van der Waals surface area contributed by atoms with Crippen molar-refractivity contribution in [1.29, 1.82) is 0 Å². The normalized spacial score (nSPS) is 20.1. The van der Waals surface area contributed by atoms with Gasteiger partial charge in [0.15, 0.2) is 0 Å². The molecule has 1 aromatic heterocycles. The molecule has 1 saturated heterocycles. The van der Waals surface area contributed by atoms with Crippen molar-refractivity contribution >= 4 is 29.2 Å². The Bertz CT molecular complexity index is 805. The Hall–Kier alpha value is -1.92. The first-order valence-corrected chi connectivity index (χ1v) is 8.54. The molecule has 0 saturated carbocycles. The first-order valence-electron chi connectivity index (χ1n) is 8.54. The van der Waals surface area contributed by atoms with Gasteiger partial charge in [-0.2, -0.15) is 0 Å². The molecule has 1 fully saturated rings. The van der Waals surface area contributed by atoms with Gasteiger partial charge in [-0.05, 0) is 44.9 Å². The van der Waals surface area contributed by atoms with Crippen LogP contribution in [0, 0.1) is 6.92 Å². The summed E-state index contributed by atoms with van der Waals surface area (Å²) in [5.41, 5.74) is 1.61. The molecule has 2 heterocycles. The molecule has 7 heteroatoms. The van der Waals surface area contributed by atoms with Gasteiger partial charge in [0.05, 0.1) is 17.2 Å². The van der Waals surface area contributed by atoms with Crippen LogP contribution in [0.15, 0.2) is 29.3 Å². The highest BCUT2D eigenvalue weighted by Crippen LogP contribution is 2.11. The first kappa shape index (κ1) is 19.4. The van der Waals surface area contributed by atoms with Gasteiger partial charge in [-0.15, -0.1) is 12.4 Å². The molecule has 1 aromatic carbocycles. The minimum Gasteiger partial charge on any atom is -0.352 e. The highest BCUT2D eigenvalue weighted by atomic mass is 35.5. The smallest absolute Gasteiger partial charge is 0.261 e. The monoisotopic (exact) mass is 364 g/mol. The molecule has 0 radical (unpaired) electrons. The van der Waals surface area contributed by atoms with Gasteiger partial charge >= 0.3 is 0 Å². The summed E-state index contributed by atoms with van der Waals surface area (Å²) < 4.78 is 1.52. The average Bonchev–Trinajstić information content (AvgIpc) is 2.57. The number of hydrogen-bond donors (Lipinski definition) is 2. The Labute approximate surface area is 153 Å². The van der Waals surface area contributed by atoms with E-state index in [4.69, 9.17) is 0 Å². The van der Waals surface area contributed by atoms with Gasteiger partial charge in [0.2, 0.25) is 5.91 Å². The maximum Gasteiger partial charge on any atom is 0.261 e. The van der Waals surface area contributed by atoms with Gasteiger partial charge < -0.3 is 10.6 Å². The summed E-state index contributed by atoms with van der Waals surface area (Å²) in [6.07, 6.45) is 3.89. The van der Waals surface area contributed by atoms with E-state index >= 15 is 0 Å². The van der Waals surface area contributed by atoms with E-state index in [-0.39, 0.29) is 42.4 Å². The lowest BCUT2D eigenvalue weighted by molar-refractivity contribution is -0.122. The van der Waals surface area contributed by atoms with E-state index in [1.54, 1.807) is 6.07 Å². The second-order valence-corrected chi connectivity index (χ2v) is 6.52. The van der Waals surface area contributed by atoms with Crippen molar-refractivity contribution in [3.8, 4) is 0 Å². The molecule has 0 bridgehead atoms. The fourth-order valence-electron chi connectivity index (χ4n) is 3.24. The van der Waals surface area contributed by atoms with E-state index in [1.165, 1.54) is 10.9 Å². The predicted octanol–water partition coefficient (Wildman–Crippen LogP) is 1.77. The largest absolute Gasteiger partial charge is 0.352 e. The van der Waals surface area contributed by atoms with Crippen molar-refractivity contribution in [2.45, 2.75) is 51.7 Å². The Balaban J connectivity index is 0.00000225. The van der Waals surface area contributed by atoms with E-state index in [9.17, 15) is 9.59 Å². The van der Waals surface area contributed by atoms with Crippen molar-refractivity contribution in [2.24, 2.45) is 0 Å². The number of carbonyl (C=O) groups is 1. The highest BCUT2D eigenvalue weighted by molar-refractivity contribution is 5.85. The maximum atomic E-state index is 12.5. The molecule has 1 aliphatic heterocycles. The summed E-state index contributed by atoms with van der Waals surface area (Å²) >= 11 is 0. The fourth-order valence-corrected chi connectivity index (χ4v) is 3.24. The molecule has 1 aliphatic rings. The van der Waals surface area contributed by atoms with Gasteiger partial charge in [0, 0.05) is 25.0 Å². The topological polar surface area (TPSA) is 76.0 Å². The Morgan fingerprint density at radius 1 is 1.44 bits per heavy atom. The average molecular weight is 365 g/mol. The number of hydrogen-bond acceptors (Lipinski definition) is 4. The number of nitrogens with zero attached hydrogens (tertiary/aromatic N) is 2. The molecule has 6 nitrogen and oxygen atoms in total. The van der Waals surface area contributed by atoms with Crippen LogP contribution in [0.1, 0.15) is 31.7 Å². The number of amides is 1. The predicted molar refractivity (Wildman–Crippen MR) is 101 cm³/mol. The number of para-hydroxylation sites is 1. The van der Waals surface area contributed by atoms with E-state index in [0.29, 0.717) is 11.9 Å².